The van der Waals surface area contributed by atoms with Crippen LogP contribution in [0.3, 0.4) is 0 Å². The molecule has 2 heteroatoms. The number of nitriles is 1. The van der Waals surface area contributed by atoms with Gasteiger partial charge >= 0.3 is 0 Å². The van der Waals surface area contributed by atoms with E-state index in [1.807, 2.05) is 6.92 Å². The zero-order valence-electron chi connectivity index (χ0n) is 9.24. The van der Waals surface area contributed by atoms with Gasteiger partial charge in [-0.25, -0.2) is 0 Å². The lowest BCUT2D eigenvalue weighted by Crippen LogP contribution is -2.31. The van der Waals surface area contributed by atoms with Crippen LogP contribution in [0.15, 0.2) is 0 Å². The van der Waals surface area contributed by atoms with Gasteiger partial charge in [-0.3, -0.25) is 0 Å². The summed E-state index contributed by atoms with van der Waals surface area (Å²) in [6.07, 6.45) is 5.55. The van der Waals surface area contributed by atoms with Gasteiger partial charge in [-0.05, 0) is 31.6 Å². The van der Waals surface area contributed by atoms with Crippen molar-refractivity contribution in [2.75, 3.05) is 0 Å². The molecule has 0 saturated heterocycles. The van der Waals surface area contributed by atoms with Crippen molar-refractivity contribution < 1.29 is 5.11 Å². The number of hydrogen-bond donors (Lipinski definition) is 1. The summed E-state index contributed by atoms with van der Waals surface area (Å²) in [5.74, 6) is 0.924. The Labute approximate surface area is 86.9 Å². The van der Waals surface area contributed by atoms with E-state index in [0.29, 0.717) is 5.92 Å². The topological polar surface area (TPSA) is 44.0 Å². The van der Waals surface area contributed by atoms with Crippen LogP contribution < -0.4 is 0 Å². The van der Waals surface area contributed by atoms with E-state index < -0.39 is 6.10 Å². The highest BCUT2D eigenvalue weighted by Crippen LogP contribution is 2.34. The highest BCUT2D eigenvalue weighted by molar-refractivity contribution is 4.89. The molecule has 4 atom stereocenters. The van der Waals surface area contributed by atoms with Crippen molar-refractivity contribution in [3.8, 4) is 6.07 Å². The van der Waals surface area contributed by atoms with Crippen LogP contribution in [0, 0.1) is 29.1 Å². The average molecular weight is 195 g/mol. The quantitative estimate of drug-likeness (QED) is 0.752. The van der Waals surface area contributed by atoms with Crippen molar-refractivity contribution in [1.82, 2.24) is 0 Å². The predicted molar refractivity (Wildman–Crippen MR) is 56.5 cm³/mol. The Morgan fingerprint density at radius 1 is 1.50 bits per heavy atom. The lowest BCUT2D eigenvalue weighted by Gasteiger charge is -2.32. The van der Waals surface area contributed by atoms with Gasteiger partial charge < -0.3 is 5.11 Å². The van der Waals surface area contributed by atoms with Crippen molar-refractivity contribution in [2.45, 2.75) is 52.1 Å². The molecule has 0 aromatic carbocycles. The first kappa shape index (κ1) is 11.5. The fourth-order valence-electron chi connectivity index (χ4n) is 2.50. The second-order valence-electron chi connectivity index (χ2n) is 4.61. The molecule has 80 valence electrons. The molecule has 0 aliphatic heterocycles. The van der Waals surface area contributed by atoms with E-state index in [4.69, 9.17) is 5.26 Å². The zero-order chi connectivity index (χ0) is 10.6. The molecular weight excluding hydrogens is 174 g/mol. The van der Waals surface area contributed by atoms with Gasteiger partial charge in [0.2, 0.25) is 0 Å². The minimum absolute atomic E-state index is 0.212. The fraction of sp³-hybridized carbons (Fsp3) is 0.917. The first-order valence-corrected chi connectivity index (χ1v) is 5.76. The third-order valence-corrected chi connectivity index (χ3v) is 3.60. The Morgan fingerprint density at radius 2 is 2.21 bits per heavy atom. The largest absolute Gasteiger partial charge is 0.391 e. The summed E-state index contributed by atoms with van der Waals surface area (Å²) >= 11 is 0. The molecule has 4 unspecified atom stereocenters. The normalized spacial score (nSPS) is 31.9. The van der Waals surface area contributed by atoms with Gasteiger partial charge in [-0.15, -0.1) is 0 Å². The standard InChI is InChI=1S/C12H21NO/c1-3-10-5-4-6-11(7-10)12(14)9(2)8-13/h9-12,14H,3-7H2,1-2H3. The van der Waals surface area contributed by atoms with E-state index in [1.54, 1.807) is 0 Å². The van der Waals surface area contributed by atoms with Crippen LogP contribution in [0.5, 0.6) is 0 Å². The number of aliphatic hydroxyl groups is 1. The fourth-order valence-corrected chi connectivity index (χ4v) is 2.50. The number of nitrogens with zero attached hydrogens (tertiary/aromatic N) is 1. The highest BCUT2D eigenvalue weighted by atomic mass is 16.3. The van der Waals surface area contributed by atoms with Gasteiger partial charge in [0.15, 0.2) is 0 Å². The molecule has 1 N–H and O–H groups in total. The number of aliphatic hydroxyl groups excluding tert-OH is 1. The molecule has 2 nitrogen and oxygen atoms in total. The second-order valence-corrected chi connectivity index (χ2v) is 4.61. The zero-order valence-corrected chi connectivity index (χ0v) is 9.24. The molecule has 1 aliphatic carbocycles. The van der Waals surface area contributed by atoms with E-state index in [2.05, 4.69) is 13.0 Å². The first-order valence-electron chi connectivity index (χ1n) is 5.76. The van der Waals surface area contributed by atoms with Crippen LogP contribution in [-0.2, 0) is 0 Å². The predicted octanol–water partition coefficient (Wildman–Crippen LogP) is 2.72. The molecule has 0 amide bonds. The number of hydrogen-bond acceptors (Lipinski definition) is 2. The summed E-state index contributed by atoms with van der Waals surface area (Å²) in [6, 6.07) is 2.14. The Balaban J connectivity index is 2.47. The summed E-state index contributed by atoms with van der Waals surface area (Å²) in [6.45, 7) is 4.04. The van der Waals surface area contributed by atoms with Crippen LogP contribution in [0.25, 0.3) is 0 Å². The highest BCUT2D eigenvalue weighted by Gasteiger charge is 2.29. The van der Waals surface area contributed by atoms with Gasteiger partial charge in [0.1, 0.15) is 0 Å². The third-order valence-electron chi connectivity index (χ3n) is 3.60. The Morgan fingerprint density at radius 3 is 2.79 bits per heavy atom. The third kappa shape index (κ3) is 2.72. The molecule has 1 fully saturated rings. The average Bonchev–Trinajstić information content (AvgIpc) is 2.27. The second kappa shape index (κ2) is 5.36. The molecule has 0 heterocycles. The van der Waals surface area contributed by atoms with Crippen LogP contribution in [-0.4, -0.2) is 11.2 Å². The lowest BCUT2D eigenvalue weighted by atomic mass is 9.75. The van der Waals surface area contributed by atoms with Crippen molar-refractivity contribution >= 4 is 0 Å². The van der Waals surface area contributed by atoms with E-state index in [0.717, 1.165) is 18.8 Å². The van der Waals surface area contributed by atoms with E-state index in [1.165, 1.54) is 19.3 Å². The molecule has 0 spiro atoms. The molecule has 1 aliphatic rings. The summed E-state index contributed by atoms with van der Waals surface area (Å²) in [7, 11) is 0. The van der Waals surface area contributed by atoms with E-state index in [9.17, 15) is 5.11 Å². The van der Waals surface area contributed by atoms with Gasteiger partial charge in [-0.2, -0.15) is 5.26 Å². The van der Waals surface area contributed by atoms with Gasteiger partial charge in [-0.1, -0.05) is 26.2 Å². The molecule has 0 bridgehead atoms. The molecule has 14 heavy (non-hydrogen) atoms. The minimum atomic E-state index is -0.408. The van der Waals surface area contributed by atoms with Gasteiger partial charge in [0.05, 0.1) is 18.1 Å². The number of rotatable bonds is 3. The van der Waals surface area contributed by atoms with Crippen molar-refractivity contribution in [2.24, 2.45) is 17.8 Å². The Hall–Kier alpha value is -0.550. The van der Waals surface area contributed by atoms with E-state index in [-0.39, 0.29) is 5.92 Å². The maximum atomic E-state index is 9.93. The Kier molecular flexibility index (Phi) is 4.41. The first-order chi connectivity index (χ1) is 6.69. The van der Waals surface area contributed by atoms with Gasteiger partial charge in [0.25, 0.3) is 0 Å². The van der Waals surface area contributed by atoms with Gasteiger partial charge in [0, 0.05) is 0 Å². The maximum Gasteiger partial charge on any atom is 0.0723 e. The Bertz CT molecular complexity index is 209. The maximum absolute atomic E-state index is 9.93. The lowest BCUT2D eigenvalue weighted by molar-refractivity contribution is 0.0441. The molecule has 1 rings (SSSR count). The van der Waals surface area contributed by atoms with Crippen LogP contribution >= 0.6 is 0 Å². The molecule has 0 radical (unpaired) electrons. The monoisotopic (exact) mass is 195 g/mol. The summed E-state index contributed by atoms with van der Waals surface area (Å²) in [4.78, 5) is 0. The molecule has 0 aromatic heterocycles. The minimum Gasteiger partial charge on any atom is -0.391 e. The summed E-state index contributed by atoms with van der Waals surface area (Å²) in [5, 5.41) is 18.7. The molecule has 0 aromatic rings. The SMILES string of the molecule is CCC1CCCC(C(O)C(C)C#N)C1. The summed E-state index contributed by atoms with van der Waals surface area (Å²) < 4.78 is 0. The van der Waals surface area contributed by atoms with Crippen molar-refractivity contribution in [3.63, 3.8) is 0 Å². The van der Waals surface area contributed by atoms with Crippen LogP contribution in [0.1, 0.15) is 46.0 Å². The molecule has 1 saturated carbocycles. The van der Waals surface area contributed by atoms with E-state index >= 15 is 0 Å². The smallest absolute Gasteiger partial charge is 0.0723 e. The van der Waals surface area contributed by atoms with Crippen molar-refractivity contribution in [1.29, 1.82) is 5.26 Å². The van der Waals surface area contributed by atoms with Crippen LogP contribution in [0.4, 0.5) is 0 Å². The van der Waals surface area contributed by atoms with Crippen molar-refractivity contribution in [3.05, 3.63) is 0 Å². The summed E-state index contributed by atoms with van der Waals surface area (Å²) in [5.41, 5.74) is 0. The van der Waals surface area contributed by atoms with Crippen LogP contribution in [0.2, 0.25) is 0 Å². The molecular formula is C12H21NO.